The number of hydrogen-bond donors (Lipinski definition) is 3. The molecular formula is C20H20ClN3O2S. The normalized spacial score (nSPS) is 18.3. The highest BCUT2D eigenvalue weighted by atomic mass is 35.5. The second-order valence-corrected chi connectivity index (χ2v) is 8.30. The van der Waals surface area contributed by atoms with E-state index in [1.54, 1.807) is 23.9 Å². The largest absolute Gasteiger partial charge is 0.371 e. The molecule has 1 fully saturated rings. The standard InChI is InChI=1S/C20H20ClN3O2S/c21-14-4-1-12(2-5-14)10-27-11-18-20(26)24-17-9-13(3-8-16(17)23-18)19(25)22-15-6-7-15/h1-5,8-9,15,18,23H,6-7,10-11H2,(H,22,25)(H,24,26). The zero-order valence-electron chi connectivity index (χ0n) is 14.6. The van der Waals surface area contributed by atoms with Crippen molar-refractivity contribution >= 4 is 46.6 Å². The highest BCUT2D eigenvalue weighted by molar-refractivity contribution is 7.98. The number of amides is 2. The summed E-state index contributed by atoms with van der Waals surface area (Å²) in [7, 11) is 0. The molecule has 27 heavy (non-hydrogen) atoms. The van der Waals surface area contributed by atoms with Gasteiger partial charge in [0.15, 0.2) is 0 Å². The second-order valence-electron chi connectivity index (χ2n) is 6.84. The topological polar surface area (TPSA) is 70.2 Å². The predicted octanol–water partition coefficient (Wildman–Crippen LogP) is 3.90. The minimum absolute atomic E-state index is 0.0779. The lowest BCUT2D eigenvalue weighted by atomic mass is 10.1. The zero-order valence-corrected chi connectivity index (χ0v) is 16.2. The minimum Gasteiger partial charge on any atom is -0.371 e. The van der Waals surface area contributed by atoms with Crippen molar-refractivity contribution < 1.29 is 9.59 Å². The fourth-order valence-electron chi connectivity index (χ4n) is 2.88. The van der Waals surface area contributed by atoms with Crippen LogP contribution >= 0.6 is 23.4 Å². The fraction of sp³-hybridized carbons (Fsp3) is 0.300. The van der Waals surface area contributed by atoms with Gasteiger partial charge in [0.1, 0.15) is 6.04 Å². The Morgan fingerprint density at radius 3 is 2.67 bits per heavy atom. The van der Waals surface area contributed by atoms with Crippen LogP contribution in [0.4, 0.5) is 11.4 Å². The van der Waals surface area contributed by atoms with E-state index in [9.17, 15) is 9.59 Å². The van der Waals surface area contributed by atoms with Crippen LogP contribution in [-0.2, 0) is 10.5 Å². The maximum absolute atomic E-state index is 12.4. The summed E-state index contributed by atoms with van der Waals surface area (Å²) in [5.74, 6) is 1.30. The third kappa shape index (κ3) is 4.57. The van der Waals surface area contributed by atoms with E-state index in [0.29, 0.717) is 23.0 Å². The van der Waals surface area contributed by atoms with Crippen LogP contribution in [0.3, 0.4) is 0 Å². The third-order valence-corrected chi connectivity index (χ3v) is 5.92. The van der Waals surface area contributed by atoms with Gasteiger partial charge < -0.3 is 16.0 Å². The summed E-state index contributed by atoms with van der Waals surface area (Å²) in [6.45, 7) is 0. The average molecular weight is 402 g/mol. The Morgan fingerprint density at radius 2 is 1.93 bits per heavy atom. The van der Waals surface area contributed by atoms with Crippen LogP contribution in [-0.4, -0.2) is 29.7 Å². The molecule has 5 nitrogen and oxygen atoms in total. The Kier molecular flexibility index (Phi) is 5.27. The minimum atomic E-state index is -0.305. The van der Waals surface area contributed by atoms with Gasteiger partial charge in [0.2, 0.25) is 5.91 Å². The van der Waals surface area contributed by atoms with Gasteiger partial charge in [-0.05, 0) is 48.7 Å². The molecule has 0 aromatic heterocycles. The fourth-order valence-corrected chi connectivity index (χ4v) is 4.02. The van der Waals surface area contributed by atoms with Gasteiger partial charge in [-0.15, -0.1) is 0 Å². The molecule has 0 saturated heterocycles. The number of fused-ring (bicyclic) bond motifs is 1. The Balaban J connectivity index is 1.35. The van der Waals surface area contributed by atoms with Crippen molar-refractivity contribution in [3.05, 3.63) is 58.6 Å². The number of carbonyl (C=O) groups is 2. The molecule has 1 aliphatic carbocycles. The highest BCUT2D eigenvalue weighted by Gasteiger charge is 2.27. The van der Waals surface area contributed by atoms with E-state index >= 15 is 0 Å². The van der Waals surface area contributed by atoms with E-state index < -0.39 is 0 Å². The summed E-state index contributed by atoms with van der Waals surface area (Å²) in [4.78, 5) is 24.6. The van der Waals surface area contributed by atoms with Crippen molar-refractivity contribution in [1.82, 2.24) is 5.32 Å². The van der Waals surface area contributed by atoms with E-state index in [1.165, 1.54) is 5.56 Å². The molecule has 2 aliphatic rings. The van der Waals surface area contributed by atoms with Crippen molar-refractivity contribution in [3.63, 3.8) is 0 Å². The molecule has 140 valence electrons. The Hall–Kier alpha value is -2.18. The van der Waals surface area contributed by atoms with E-state index in [-0.39, 0.29) is 17.9 Å². The van der Waals surface area contributed by atoms with Crippen LogP contribution in [0.2, 0.25) is 5.02 Å². The van der Waals surface area contributed by atoms with Gasteiger partial charge in [-0.25, -0.2) is 0 Å². The van der Waals surface area contributed by atoms with Crippen LogP contribution < -0.4 is 16.0 Å². The monoisotopic (exact) mass is 401 g/mol. The van der Waals surface area contributed by atoms with Gasteiger partial charge in [-0.1, -0.05) is 23.7 Å². The first-order valence-electron chi connectivity index (χ1n) is 8.93. The van der Waals surface area contributed by atoms with E-state index in [1.807, 2.05) is 30.3 Å². The predicted molar refractivity (Wildman–Crippen MR) is 111 cm³/mol. The van der Waals surface area contributed by atoms with Gasteiger partial charge in [-0.3, -0.25) is 9.59 Å². The summed E-state index contributed by atoms with van der Waals surface area (Å²) >= 11 is 7.59. The Labute approximate surface area is 167 Å². The number of rotatable bonds is 6. The van der Waals surface area contributed by atoms with Gasteiger partial charge in [0.05, 0.1) is 11.4 Å². The molecule has 7 heteroatoms. The molecule has 0 spiro atoms. The summed E-state index contributed by atoms with van der Waals surface area (Å²) < 4.78 is 0. The van der Waals surface area contributed by atoms with Crippen LogP contribution in [0.25, 0.3) is 0 Å². The number of carbonyl (C=O) groups excluding carboxylic acids is 2. The van der Waals surface area contributed by atoms with E-state index in [4.69, 9.17) is 11.6 Å². The molecule has 1 heterocycles. The summed E-state index contributed by atoms with van der Waals surface area (Å²) in [6, 6.07) is 13.1. The highest BCUT2D eigenvalue weighted by Crippen LogP contribution is 2.29. The lowest BCUT2D eigenvalue weighted by Crippen LogP contribution is -2.40. The summed E-state index contributed by atoms with van der Waals surface area (Å²) in [5.41, 5.74) is 3.24. The van der Waals surface area contributed by atoms with Crippen LogP contribution in [0.1, 0.15) is 28.8 Å². The lowest BCUT2D eigenvalue weighted by molar-refractivity contribution is -0.116. The first-order valence-corrected chi connectivity index (χ1v) is 10.5. The Morgan fingerprint density at radius 1 is 1.15 bits per heavy atom. The van der Waals surface area contributed by atoms with E-state index in [0.717, 1.165) is 29.3 Å². The molecule has 4 rings (SSSR count). The molecule has 2 amide bonds. The van der Waals surface area contributed by atoms with Gasteiger partial charge in [0.25, 0.3) is 5.91 Å². The van der Waals surface area contributed by atoms with Gasteiger partial charge in [-0.2, -0.15) is 11.8 Å². The van der Waals surface area contributed by atoms with Gasteiger partial charge in [0, 0.05) is 28.1 Å². The smallest absolute Gasteiger partial charge is 0.251 e. The number of benzene rings is 2. The number of anilines is 2. The lowest BCUT2D eigenvalue weighted by Gasteiger charge is -2.27. The number of halogens is 1. The van der Waals surface area contributed by atoms with Crippen LogP contribution in [0.15, 0.2) is 42.5 Å². The molecule has 1 saturated carbocycles. The third-order valence-electron chi connectivity index (χ3n) is 4.56. The zero-order chi connectivity index (χ0) is 18.8. The summed E-state index contributed by atoms with van der Waals surface area (Å²) in [6.07, 6.45) is 2.09. The quantitative estimate of drug-likeness (QED) is 0.686. The summed E-state index contributed by atoms with van der Waals surface area (Å²) in [5, 5.41) is 9.88. The second kappa shape index (κ2) is 7.82. The van der Waals surface area contributed by atoms with Crippen molar-refractivity contribution in [3.8, 4) is 0 Å². The van der Waals surface area contributed by atoms with Gasteiger partial charge >= 0.3 is 0 Å². The number of thioether (sulfide) groups is 1. The SMILES string of the molecule is O=C(NC1CC1)c1ccc2c(c1)NC(=O)C(CSCc1ccc(Cl)cc1)N2. The molecule has 1 aliphatic heterocycles. The molecule has 0 radical (unpaired) electrons. The van der Waals surface area contributed by atoms with E-state index in [2.05, 4.69) is 16.0 Å². The van der Waals surface area contributed by atoms with Crippen molar-refractivity contribution in [2.75, 3.05) is 16.4 Å². The number of hydrogen-bond acceptors (Lipinski definition) is 4. The van der Waals surface area contributed by atoms with Crippen molar-refractivity contribution in [2.45, 2.75) is 30.7 Å². The molecule has 2 aromatic carbocycles. The Bertz CT molecular complexity index is 868. The molecule has 1 unspecified atom stereocenters. The first kappa shape index (κ1) is 18.2. The maximum Gasteiger partial charge on any atom is 0.251 e. The number of nitrogens with one attached hydrogen (secondary N) is 3. The first-order chi connectivity index (χ1) is 13.1. The van der Waals surface area contributed by atoms with Crippen LogP contribution in [0.5, 0.6) is 0 Å². The van der Waals surface area contributed by atoms with Crippen LogP contribution in [0, 0.1) is 0 Å². The van der Waals surface area contributed by atoms with Crippen molar-refractivity contribution in [2.24, 2.45) is 0 Å². The molecule has 2 aromatic rings. The van der Waals surface area contributed by atoms with Crippen molar-refractivity contribution in [1.29, 1.82) is 0 Å². The molecule has 1 atom stereocenters. The molecule has 3 N–H and O–H groups in total. The molecular weight excluding hydrogens is 382 g/mol. The maximum atomic E-state index is 12.4. The average Bonchev–Trinajstić information content (AvgIpc) is 3.47. The molecule has 0 bridgehead atoms.